The Kier molecular flexibility index (Phi) is 6.63. The van der Waals surface area contributed by atoms with Crippen LogP contribution in [0.3, 0.4) is 0 Å². The van der Waals surface area contributed by atoms with Crippen molar-refractivity contribution in [2.75, 3.05) is 27.0 Å². The first-order valence-electron chi connectivity index (χ1n) is 8.08. The Morgan fingerprint density at radius 2 is 1.58 bits per heavy atom. The molecule has 0 aliphatic heterocycles. The van der Waals surface area contributed by atoms with Gasteiger partial charge in [0.05, 0.1) is 20.0 Å². The topological polar surface area (TPSA) is 81.7 Å². The lowest BCUT2D eigenvalue weighted by molar-refractivity contribution is 0.0954. The van der Waals surface area contributed by atoms with Gasteiger partial charge in [-0.05, 0) is 41.8 Å². The van der Waals surface area contributed by atoms with E-state index in [9.17, 15) is 13.2 Å². The molecule has 0 aromatic heterocycles. The van der Waals surface area contributed by atoms with Crippen molar-refractivity contribution in [1.29, 1.82) is 0 Å². The van der Waals surface area contributed by atoms with Gasteiger partial charge in [-0.2, -0.15) is 0 Å². The standard InChI is InChI=1S/C19H23NO5S/c1-24-17-9-6-14(12-18(17)25-2)10-11-20-19(21)16-7-4-15(5-8-16)13-26(3,22)23/h4-9,12H,10-11,13H2,1-3H3,(H,20,21). The maximum Gasteiger partial charge on any atom is 0.251 e. The third kappa shape index (κ3) is 5.77. The van der Waals surface area contributed by atoms with Crippen molar-refractivity contribution in [3.05, 3.63) is 59.2 Å². The summed E-state index contributed by atoms with van der Waals surface area (Å²) < 4.78 is 33.0. The van der Waals surface area contributed by atoms with Crippen molar-refractivity contribution in [1.82, 2.24) is 5.32 Å². The third-order valence-corrected chi connectivity index (χ3v) is 4.65. The van der Waals surface area contributed by atoms with Crippen LogP contribution in [0, 0.1) is 0 Å². The minimum Gasteiger partial charge on any atom is -0.493 e. The predicted octanol–water partition coefficient (Wildman–Crippen LogP) is 2.22. The van der Waals surface area contributed by atoms with E-state index in [2.05, 4.69) is 5.32 Å². The number of carbonyl (C=O) groups is 1. The minimum atomic E-state index is -3.09. The molecule has 0 aliphatic carbocycles. The molecule has 0 bridgehead atoms. The molecule has 0 atom stereocenters. The molecule has 7 heteroatoms. The van der Waals surface area contributed by atoms with Crippen LogP contribution < -0.4 is 14.8 Å². The number of benzene rings is 2. The smallest absolute Gasteiger partial charge is 0.251 e. The van der Waals surface area contributed by atoms with E-state index >= 15 is 0 Å². The fourth-order valence-electron chi connectivity index (χ4n) is 2.51. The zero-order valence-electron chi connectivity index (χ0n) is 15.1. The van der Waals surface area contributed by atoms with E-state index in [1.54, 1.807) is 38.5 Å². The summed E-state index contributed by atoms with van der Waals surface area (Å²) in [4.78, 5) is 12.2. The van der Waals surface area contributed by atoms with Gasteiger partial charge in [0.15, 0.2) is 21.3 Å². The summed E-state index contributed by atoms with van der Waals surface area (Å²) in [6.45, 7) is 0.472. The van der Waals surface area contributed by atoms with Crippen molar-refractivity contribution < 1.29 is 22.7 Å². The second kappa shape index (κ2) is 8.71. The van der Waals surface area contributed by atoms with Crippen molar-refractivity contribution in [3.8, 4) is 11.5 Å². The number of rotatable bonds is 8. The second-order valence-electron chi connectivity index (χ2n) is 5.96. The number of ether oxygens (including phenoxy) is 2. The van der Waals surface area contributed by atoms with Gasteiger partial charge in [0, 0.05) is 18.4 Å². The first kappa shape index (κ1) is 19.8. The molecule has 2 aromatic carbocycles. The highest BCUT2D eigenvalue weighted by Crippen LogP contribution is 2.27. The molecule has 0 heterocycles. The molecule has 2 rings (SSSR count). The highest BCUT2D eigenvalue weighted by molar-refractivity contribution is 7.89. The molecule has 1 amide bonds. The first-order valence-corrected chi connectivity index (χ1v) is 10.1. The van der Waals surface area contributed by atoms with Gasteiger partial charge >= 0.3 is 0 Å². The van der Waals surface area contributed by atoms with Crippen LogP contribution >= 0.6 is 0 Å². The summed E-state index contributed by atoms with van der Waals surface area (Å²) in [5.41, 5.74) is 2.18. The Morgan fingerprint density at radius 1 is 0.962 bits per heavy atom. The third-order valence-electron chi connectivity index (χ3n) is 3.79. The van der Waals surface area contributed by atoms with E-state index in [0.29, 0.717) is 35.6 Å². The normalized spacial score (nSPS) is 11.0. The van der Waals surface area contributed by atoms with Crippen molar-refractivity contribution in [3.63, 3.8) is 0 Å². The van der Waals surface area contributed by atoms with Crippen LogP contribution in [0.5, 0.6) is 11.5 Å². The van der Waals surface area contributed by atoms with Gasteiger partial charge in [-0.3, -0.25) is 4.79 Å². The van der Waals surface area contributed by atoms with E-state index in [1.807, 2.05) is 18.2 Å². The fraction of sp³-hybridized carbons (Fsp3) is 0.316. The zero-order valence-corrected chi connectivity index (χ0v) is 15.9. The van der Waals surface area contributed by atoms with Gasteiger partial charge in [-0.1, -0.05) is 18.2 Å². The van der Waals surface area contributed by atoms with Crippen LogP contribution in [0.15, 0.2) is 42.5 Å². The van der Waals surface area contributed by atoms with Gasteiger partial charge < -0.3 is 14.8 Å². The monoisotopic (exact) mass is 377 g/mol. The quantitative estimate of drug-likeness (QED) is 0.763. The van der Waals surface area contributed by atoms with Crippen LogP contribution in [0.1, 0.15) is 21.5 Å². The summed E-state index contributed by atoms with van der Waals surface area (Å²) in [7, 11) is 0.0768. The molecule has 140 valence electrons. The molecule has 0 radical (unpaired) electrons. The zero-order chi connectivity index (χ0) is 19.2. The van der Waals surface area contributed by atoms with Crippen molar-refractivity contribution >= 4 is 15.7 Å². The van der Waals surface area contributed by atoms with E-state index in [1.165, 1.54) is 6.26 Å². The van der Waals surface area contributed by atoms with Crippen molar-refractivity contribution in [2.24, 2.45) is 0 Å². The Balaban J connectivity index is 1.90. The van der Waals surface area contributed by atoms with Gasteiger partial charge in [0.2, 0.25) is 0 Å². The molecule has 6 nitrogen and oxygen atoms in total. The van der Waals surface area contributed by atoms with Gasteiger partial charge in [0.1, 0.15) is 0 Å². The molecule has 1 N–H and O–H groups in total. The number of methoxy groups -OCH3 is 2. The number of amides is 1. The summed E-state index contributed by atoms with van der Waals surface area (Å²) in [6.07, 6.45) is 1.83. The molecular formula is C19H23NO5S. The summed E-state index contributed by atoms with van der Waals surface area (Å²) in [5.74, 6) is 1.08. The molecular weight excluding hydrogens is 354 g/mol. The van der Waals surface area contributed by atoms with Gasteiger partial charge in [0.25, 0.3) is 5.91 Å². The van der Waals surface area contributed by atoms with Crippen molar-refractivity contribution in [2.45, 2.75) is 12.2 Å². The summed E-state index contributed by atoms with van der Waals surface area (Å²) in [5, 5.41) is 2.85. The average Bonchev–Trinajstić information content (AvgIpc) is 2.60. The number of nitrogens with one attached hydrogen (secondary N) is 1. The van der Waals surface area contributed by atoms with E-state index in [0.717, 1.165) is 5.56 Å². The second-order valence-corrected chi connectivity index (χ2v) is 8.10. The van der Waals surface area contributed by atoms with E-state index < -0.39 is 9.84 Å². The van der Waals surface area contributed by atoms with Crippen LogP contribution in [0.25, 0.3) is 0 Å². The molecule has 0 unspecified atom stereocenters. The lowest BCUT2D eigenvalue weighted by Gasteiger charge is -2.10. The van der Waals surface area contributed by atoms with Crippen LogP contribution in [0.4, 0.5) is 0 Å². The summed E-state index contributed by atoms with van der Waals surface area (Å²) >= 11 is 0. The Bertz CT molecular complexity index is 860. The fourth-order valence-corrected chi connectivity index (χ4v) is 3.31. The average molecular weight is 377 g/mol. The van der Waals surface area contributed by atoms with Crippen LogP contribution in [-0.4, -0.2) is 41.3 Å². The lowest BCUT2D eigenvalue weighted by atomic mass is 10.1. The SMILES string of the molecule is COc1ccc(CCNC(=O)c2ccc(CS(C)(=O)=O)cc2)cc1OC. The molecule has 0 saturated heterocycles. The predicted molar refractivity (Wildman–Crippen MR) is 101 cm³/mol. The van der Waals surface area contributed by atoms with Gasteiger partial charge in [-0.25, -0.2) is 8.42 Å². The van der Waals surface area contributed by atoms with Crippen LogP contribution in [0.2, 0.25) is 0 Å². The number of hydrogen-bond acceptors (Lipinski definition) is 5. The maximum absolute atomic E-state index is 12.2. The Hall–Kier alpha value is -2.54. The number of carbonyl (C=O) groups excluding carboxylic acids is 1. The lowest BCUT2D eigenvalue weighted by Crippen LogP contribution is -2.25. The highest BCUT2D eigenvalue weighted by Gasteiger charge is 2.09. The molecule has 0 aliphatic rings. The minimum absolute atomic E-state index is 0.0335. The van der Waals surface area contributed by atoms with E-state index in [4.69, 9.17) is 9.47 Å². The molecule has 26 heavy (non-hydrogen) atoms. The molecule has 0 fully saturated rings. The molecule has 0 spiro atoms. The summed E-state index contributed by atoms with van der Waals surface area (Å²) in [6, 6.07) is 12.2. The Morgan fingerprint density at radius 3 is 2.15 bits per heavy atom. The highest BCUT2D eigenvalue weighted by atomic mass is 32.2. The van der Waals surface area contributed by atoms with Gasteiger partial charge in [-0.15, -0.1) is 0 Å². The largest absolute Gasteiger partial charge is 0.493 e. The van der Waals surface area contributed by atoms with Crippen LogP contribution in [-0.2, 0) is 22.0 Å². The molecule has 0 saturated carbocycles. The molecule has 2 aromatic rings. The first-order chi connectivity index (χ1) is 12.3. The van der Waals surface area contributed by atoms with E-state index in [-0.39, 0.29) is 11.7 Å². The Labute approximate surface area is 154 Å². The number of hydrogen-bond donors (Lipinski definition) is 1. The maximum atomic E-state index is 12.2. The number of sulfone groups is 1.